The van der Waals surface area contributed by atoms with Gasteiger partial charge in [0.1, 0.15) is 29.2 Å². The number of nitrogens with two attached hydrogens (primary N) is 1. The number of nitrogen functional groups attached to an aromatic ring is 1. The fourth-order valence-electron chi connectivity index (χ4n) is 8.25. The Hall–Kier alpha value is -3.27. The van der Waals surface area contributed by atoms with Gasteiger partial charge in [-0.1, -0.05) is 18.5 Å². The first-order valence-electron chi connectivity index (χ1n) is 16.8. The van der Waals surface area contributed by atoms with Crippen LogP contribution in [0.25, 0.3) is 11.5 Å². The Morgan fingerprint density at radius 3 is 2.80 bits per heavy atom. The molecule has 1 spiro atoms. The molecule has 3 aromatic rings. The number of aromatic nitrogens is 3. The summed E-state index contributed by atoms with van der Waals surface area (Å²) in [6.07, 6.45) is 5.90. The minimum absolute atomic E-state index is 0.0482. The summed E-state index contributed by atoms with van der Waals surface area (Å²) >= 11 is 1.52. The van der Waals surface area contributed by atoms with Crippen molar-refractivity contribution in [2.24, 2.45) is 0 Å². The number of likely N-dealkylation sites (N-methyl/N-ethyl adjacent to an activating group) is 1. The van der Waals surface area contributed by atoms with Gasteiger partial charge >= 0.3 is 0 Å². The summed E-state index contributed by atoms with van der Waals surface area (Å²) in [4.78, 5) is 15.6. The van der Waals surface area contributed by atoms with Gasteiger partial charge in [0.15, 0.2) is 17.3 Å². The van der Waals surface area contributed by atoms with E-state index in [0.29, 0.717) is 47.0 Å². The molecule has 0 unspecified atom stereocenters. The summed E-state index contributed by atoms with van der Waals surface area (Å²) in [5.41, 5.74) is 9.03. The van der Waals surface area contributed by atoms with E-state index in [1.165, 1.54) is 11.3 Å². The molecular formula is C34H45FN8O2S. The monoisotopic (exact) mass is 648 g/mol. The van der Waals surface area contributed by atoms with Gasteiger partial charge in [-0.3, -0.25) is 4.90 Å². The van der Waals surface area contributed by atoms with Crippen LogP contribution in [0.15, 0.2) is 10.6 Å². The van der Waals surface area contributed by atoms with Gasteiger partial charge in [0, 0.05) is 53.8 Å². The van der Waals surface area contributed by atoms with Crippen molar-refractivity contribution < 1.29 is 13.7 Å². The largest absolute Gasteiger partial charge is 0.473 e. The molecule has 46 heavy (non-hydrogen) atoms. The van der Waals surface area contributed by atoms with Gasteiger partial charge < -0.3 is 25.2 Å². The Morgan fingerprint density at radius 2 is 2.11 bits per heavy atom. The molecule has 10 nitrogen and oxygen atoms in total. The van der Waals surface area contributed by atoms with Crippen molar-refractivity contribution in [1.82, 2.24) is 25.3 Å². The lowest BCUT2D eigenvalue weighted by molar-refractivity contribution is 0.117. The average Bonchev–Trinajstić information content (AvgIpc) is 3.30. The summed E-state index contributed by atoms with van der Waals surface area (Å²) < 4.78 is 27.1. The number of aryl methyl sites for hydroxylation is 1. The number of anilines is 2. The van der Waals surface area contributed by atoms with Crippen molar-refractivity contribution in [2.75, 3.05) is 37.3 Å². The summed E-state index contributed by atoms with van der Waals surface area (Å²) in [7, 11) is 1.95. The molecule has 3 fully saturated rings. The van der Waals surface area contributed by atoms with Crippen molar-refractivity contribution in [1.29, 1.82) is 5.26 Å². The Balaban J connectivity index is 1.32. The zero-order chi connectivity index (χ0) is 32.4. The van der Waals surface area contributed by atoms with E-state index < -0.39 is 11.6 Å². The maximum atomic E-state index is 14.3. The molecule has 3 aromatic heterocycles. The van der Waals surface area contributed by atoms with Gasteiger partial charge in [-0.15, -0.1) is 11.3 Å². The van der Waals surface area contributed by atoms with Crippen molar-refractivity contribution >= 4 is 22.2 Å². The number of nitriles is 1. The van der Waals surface area contributed by atoms with E-state index in [0.717, 1.165) is 85.6 Å². The molecule has 7 rings (SSSR count). The number of nitrogens with zero attached hydrogens (tertiary/aromatic N) is 6. The highest BCUT2D eigenvalue weighted by atomic mass is 32.1. The van der Waals surface area contributed by atoms with Crippen LogP contribution in [0.1, 0.15) is 93.5 Å². The number of hydrogen-bond donors (Lipinski definition) is 2. The number of likely N-dealkylation sites (tertiary alicyclic amines) is 1. The second kappa shape index (κ2) is 11.8. The van der Waals surface area contributed by atoms with Crippen LogP contribution in [-0.4, -0.2) is 76.6 Å². The molecule has 0 bridgehead atoms. The number of rotatable bonds is 8. The molecule has 0 radical (unpaired) electrons. The first-order valence-corrected chi connectivity index (χ1v) is 17.6. The molecule has 2 saturated heterocycles. The summed E-state index contributed by atoms with van der Waals surface area (Å²) in [5.74, 6) is 2.47. The Morgan fingerprint density at radius 1 is 1.30 bits per heavy atom. The zero-order valence-electron chi connectivity index (χ0n) is 27.5. The lowest BCUT2D eigenvalue weighted by atomic mass is 9.69. The molecule has 246 valence electrons. The van der Waals surface area contributed by atoms with Gasteiger partial charge in [0.05, 0.1) is 11.0 Å². The minimum atomic E-state index is -0.860. The molecule has 12 heteroatoms. The third kappa shape index (κ3) is 5.44. The Bertz CT molecular complexity index is 1660. The number of nitrogens with one attached hydrogen (secondary N) is 1. The van der Waals surface area contributed by atoms with Gasteiger partial charge in [-0.05, 0) is 78.3 Å². The zero-order valence-corrected chi connectivity index (χ0v) is 28.3. The average molecular weight is 649 g/mol. The number of halogens is 1. The van der Waals surface area contributed by atoms with Crippen molar-refractivity contribution in [3.05, 3.63) is 33.4 Å². The minimum Gasteiger partial charge on any atom is -0.473 e. The highest BCUT2D eigenvalue weighted by Gasteiger charge is 2.48. The fraction of sp³-hybridized carbons (Fsp3) is 0.647. The smallest absolute Gasteiger partial charge is 0.219 e. The summed E-state index contributed by atoms with van der Waals surface area (Å²) in [6, 6.07) is 4.57. The maximum Gasteiger partial charge on any atom is 0.219 e. The lowest BCUT2D eigenvalue weighted by Gasteiger charge is -2.39. The molecule has 2 aliphatic carbocycles. The van der Waals surface area contributed by atoms with Crippen LogP contribution in [0.5, 0.6) is 5.88 Å². The van der Waals surface area contributed by atoms with Crippen LogP contribution in [0.3, 0.4) is 0 Å². The van der Waals surface area contributed by atoms with E-state index in [1.54, 1.807) is 0 Å². The van der Waals surface area contributed by atoms with E-state index in [2.05, 4.69) is 42.2 Å². The first-order chi connectivity index (χ1) is 22.0. The number of piperazine rings is 1. The van der Waals surface area contributed by atoms with Crippen molar-refractivity contribution in [3.63, 3.8) is 0 Å². The standard InChI is InChI=1S/C34H45FN8O2S/c1-6-8-22-29(41-45-30(22)33(4)10-7-9-25-28(33)23(15-36)31(37)46-25)32-38-26(43-16-19(2)40-34(18-43)11-12-34)14-27(39-32)44-20(3)24-13-21(35)17-42(24)5/h14,19-21,24,40H,6-13,16-18,37H2,1-5H3/t19-,20-,21+,24-,33-/m0/s1. The number of ether oxygens (including phenoxy) is 1. The van der Waals surface area contributed by atoms with E-state index in [-0.39, 0.29) is 17.7 Å². The van der Waals surface area contributed by atoms with Crippen LogP contribution >= 0.6 is 11.3 Å². The Kier molecular flexibility index (Phi) is 8.01. The van der Waals surface area contributed by atoms with Crippen molar-refractivity contribution in [2.45, 2.75) is 114 Å². The molecular weight excluding hydrogens is 603 g/mol. The lowest BCUT2D eigenvalue weighted by Crippen LogP contribution is -2.57. The second-order valence-corrected chi connectivity index (χ2v) is 15.4. The number of hydrogen-bond acceptors (Lipinski definition) is 11. The van der Waals surface area contributed by atoms with Crippen molar-refractivity contribution in [3.8, 4) is 23.5 Å². The van der Waals surface area contributed by atoms with Crippen LogP contribution in [0, 0.1) is 11.3 Å². The highest BCUT2D eigenvalue weighted by molar-refractivity contribution is 7.16. The van der Waals surface area contributed by atoms with E-state index in [4.69, 9.17) is 25.0 Å². The Labute approximate surface area is 274 Å². The second-order valence-electron chi connectivity index (χ2n) is 14.3. The highest BCUT2D eigenvalue weighted by Crippen LogP contribution is 2.51. The van der Waals surface area contributed by atoms with Gasteiger partial charge in [-0.25, -0.2) is 9.37 Å². The van der Waals surface area contributed by atoms with E-state index in [9.17, 15) is 9.65 Å². The van der Waals surface area contributed by atoms with E-state index >= 15 is 0 Å². The molecule has 0 amide bonds. The number of thiophene rings is 1. The molecule has 2 aliphatic heterocycles. The summed E-state index contributed by atoms with van der Waals surface area (Å²) in [5, 5.41) is 19.1. The van der Waals surface area contributed by atoms with Gasteiger partial charge in [0.2, 0.25) is 5.88 Å². The number of alkyl halides is 1. The number of fused-ring (bicyclic) bond motifs is 1. The normalized spacial score (nSPS) is 27.8. The predicted octanol–water partition coefficient (Wildman–Crippen LogP) is 5.38. The fourth-order valence-corrected chi connectivity index (χ4v) is 9.44. The first kappa shape index (κ1) is 31.3. The van der Waals surface area contributed by atoms with Gasteiger partial charge in [-0.2, -0.15) is 10.2 Å². The van der Waals surface area contributed by atoms with Crippen LogP contribution < -0.4 is 20.7 Å². The van der Waals surface area contributed by atoms with Crippen LogP contribution in [0.4, 0.5) is 15.2 Å². The summed E-state index contributed by atoms with van der Waals surface area (Å²) in [6.45, 7) is 10.6. The molecule has 5 atom stereocenters. The van der Waals surface area contributed by atoms with Gasteiger partial charge in [0.25, 0.3) is 0 Å². The van der Waals surface area contributed by atoms with Crippen LogP contribution in [-0.2, 0) is 18.3 Å². The topological polar surface area (TPSA) is 129 Å². The SMILES string of the molecule is CCCc1c(-c2nc(O[C@@H](C)[C@@H]3C[C@@H](F)CN3C)cc(N3C[C@H](C)NC4(CC4)C3)n2)noc1[C@@]1(C)CCCc2sc(N)c(C#N)c21. The predicted molar refractivity (Wildman–Crippen MR) is 177 cm³/mol. The van der Waals surface area contributed by atoms with E-state index in [1.807, 2.05) is 24.9 Å². The third-order valence-corrected chi connectivity index (χ3v) is 11.6. The molecule has 0 aromatic carbocycles. The molecule has 4 aliphatic rings. The third-order valence-electron chi connectivity index (χ3n) is 10.6. The van der Waals surface area contributed by atoms with Crippen LogP contribution in [0.2, 0.25) is 0 Å². The molecule has 1 saturated carbocycles. The maximum absolute atomic E-state index is 14.3. The molecule has 5 heterocycles. The quantitative estimate of drug-likeness (QED) is 0.328. The molecule has 3 N–H and O–H groups in total.